The highest BCUT2D eigenvalue weighted by molar-refractivity contribution is 6.33. The number of aromatic nitrogens is 1. The van der Waals surface area contributed by atoms with Gasteiger partial charge in [-0.15, -0.1) is 0 Å². The van der Waals surface area contributed by atoms with Crippen LogP contribution in [0, 0.1) is 0 Å². The van der Waals surface area contributed by atoms with Gasteiger partial charge in [-0.2, -0.15) is 0 Å². The van der Waals surface area contributed by atoms with Crippen molar-refractivity contribution in [3.63, 3.8) is 0 Å². The van der Waals surface area contributed by atoms with Crippen LogP contribution in [-0.2, 0) is 6.54 Å². The van der Waals surface area contributed by atoms with E-state index in [1.807, 2.05) is 19.3 Å². The van der Waals surface area contributed by atoms with Gasteiger partial charge in [-0.3, -0.25) is 0 Å². The molecule has 1 saturated heterocycles. The molecule has 0 aliphatic carbocycles. The predicted octanol–water partition coefficient (Wildman–Crippen LogP) is 1.98. The van der Waals surface area contributed by atoms with Crippen molar-refractivity contribution in [3.8, 4) is 0 Å². The smallest absolute Gasteiger partial charge is 0.147 e. The summed E-state index contributed by atoms with van der Waals surface area (Å²) in [4.78, 5) is 9.08. The molecule has 1 aliphatic rings. The Balaban J connectivity index is 2.04. The lowest BCUT2D eigenvalue weighted by Gasteiger charge is -2.27. The van der Waals surface area contributed by atoms with E-state index in [0.717, 1.165) is 29.5 Å². The minimum Gasteiger partial charge on any atom is -0.357 e. The molecule has 1 N–H and O–H groups in total. The standard InChI is InChI=1S/C14H23ClN4/c1-16-8-11-7-13(15)14(17-9-11)19(3)10-12-5-4-6-18(12)2/h7,9,12,16H,4-6,8,10H2,1-3H3. The van der Waals surface area contributed by atoms with Crippen LogP contribution in [0.5, 0.6) is 0 Å². The Labute approximate surface area is 120 Å². The summed E-state index contributed by atoms with van der Waals surface area (Å²) in [6.45, 7) is 2.97. The first-order chi connectivity index (χ1) is 9.11. The number of likely N-dealkylation sites (tertiary alicyclic amines) is 1. The number of rotatable bonds is 5. The van der Waals surface area contributed by atoms with Gasteiger partial charge in [-0.25, -0.2) is 4.98 Å². The molecule has 2 rings (SSSR count). The summed E-state index contributed by atoms with van der Waals surface area (Å²) in [6.07, 6.45) is 4.44. The van der Waals surface area contributed by atoms with Crippen LogP contribution in [0.15, 0.2) is 12.3 Å². The average molecular weight is 283 g/mol. The summed E-state index contributed by atoms with van der Waals surface area (Å²) < 4.78 is 0. The second kappa shape index (κ2) is 6.55. The number of hydrogen-bond donors (Lipinski definition) is 1. The molecule has 1 fully saturated rings. The third kappa shape index (κ3) is 3.59. The van der Waals surface area contributed by atoms with Gasteiger partial charge in [-0.1, -0.05) is 11.6 Å². The Hall–Kier alpha value is -0.840. The maximum absolute atomic E-state index is 6.34. The van der Waals surface area contributed by atoms with Gasteiger partial charge in [-0.05, 0) is 45.1 Å². The average Bonchev–Trinajstić information content (AvgIpc) is 2.75. The fraction of sp³-hybridized carbons (Fsp3) is 0.643. The van der Waals surface area contributed by atoms with E-state index in [9.17, 15) is 0 Å². The molecule has 0 radical (unpaired) electrons. The largest absolute Gasteiger partial charge is 0.357 e. The predicted molar refractivity (Wildman–Crippen MR) is 80.9 cm³/mol. The summed E-state index contributed by atoms with van der Waals surface area (Å²) in [5.74, 6) is 0.877. The van der Waals surface area contributed by atoms with Crippen molar-refractivity contribution in [1.29, 1.82) is 0 Å². The summed E-state index contributed by atoms with van der Waals surface area (Å²) in [5, 5.41) is 3.84. The Morgan fingerprint density at radius 3 is 2.95 bits per heavy atom. The molecule has 5 heteroatoms. The molecule has 2 heterocycles. The Kier molecular flexibility index (Phi) is 5.02. The highest BCUT2D eigenvalue weighted by Crippen LogP contribution is 2.25. The molecule has 4 nitrogen and oxygen atoms in total. The first kappa shape index (κ1) is 14.6. The fourth-order valence-electron chi connectivity index (χ4n) is 2.66. The molecule has 0 spiro atoms. The van der Waals surface area contributed by atoms with Crippen LogP contribution in [-0.4, -0.2) is 50.2 Å². The van der Waals surface area contributed by atoms with E-state index < -0.39 is 0 Å². The summed E-state index contributed by atoms with van der Waals surface area (Å²) in [5.41, 5.74) is 1.11. The van der Waals surface area contributed by atoms with Crippen molar-refractivity contribution in [2.24, 2.45) is 0 Å². The van der Waals surface area contributed by atoms with E-state index >= 15 is 0 Å². The molecule has 0 saturated carbocycles. The van der Waals surface area contributed by atoms with Crippen molar-refractivity contribution in [3.05, 3.63) is 22.8 Å². The lowest BCUT2D eigenvalue weighted by atomic mass is 10.2. The Morgan fingerprint density at radius 1 is 1.58 bits per heavy atom. The van der Waals surface area contributed by atoms with Gasteiger partial charge in [0.1, 0.15) is 5.82 Å². The van der Waals surface area contributed by atoms with Gasteiger partial charge in [0, 0.05) is 32.4 Å². The maximum Gasteiger partial charge on any atom is 0.147 e. The lowest BCUT2D eigenvalue weighted by molar-refractivity contribution is 0.314. The van der Waals surface area contributed by atoms with Gasteiger partial charge in [0.25, 0.3) is 0 Å². The first-order valence-corrected chi connectivity index (χ1v) is 7.20. The molecule has 1 unspecified atom stereocenters. The van der Waals surface area contributed by atoms with Crippen LogP contribution in [0.4, 0.5) is 5.82 Å². The van der Waals surface area contributed by atoms with E-state index in [-0.39, 0.29) is 0 Å². The van der Waals surface area contributed by atoms with Gasteiger partial charge in [0.2, 0.25) is 0 Å². The number of hydrogen-bond acceptors (Lipinski definition) is 4. The van der Waals surface area contributed by atoms with Crippen LogP contribution in [0.2, 0.25) is 5.02 Å². The van der Waals surface area contributed by atoms with E-state index in [4.69, 9.17) is 11.6 Å². The zero-order valence-electron chi connectivity index (χ0n) is 12.0. The number of nitrogens with zero attached hydrogens (tertiary/aromatic N) is 3. The van der Waals surface area contributed by atoms with Gasteiger partial charge in [0.15, 0.2) is 0 Å². The number of halogens is 1. The van der Waals surface area contributed by atoms with E-state index in [1.54, 1.807) is 0 Å². The highest BCUT2D eigenvalue weighted by Gasteiger charge is 2.23. The molecule has 106 valence electrons. The lowest BCUT2D eigenvalue weighted by Crippen LogP contribution is -2.37. The second-order valence-electron chi connectivity index (χ2n) is 5.34. The third-order valence-electron chi connectivity index (χ3n) is 3.78. The van der Waals surface area contributed by atoms with Crippen LogP contribution < -0.4 is 10.2 Å². The topological polar surface area (TPSA) is 31.4 Å². The van der Waals surface area contributed by atoms with Crippen molar-refractivity contribution >= 4 is 17.4 Å². The third-order valence-corrected chi connectivity index (χ3v) is 4.06. The second-order valence-corrected chi connectivity index (χ2v) is 5.74. The summed E-state index contributed by atoms with van der Waals surface area (Å²) in [7, 11) is 6.18. The number of pyridine rings is 1. The first-order valence-electron chi connectivity index (χ1n) is 6.82. The van der Waals surface area contributed by atoms with Crippen LogP contribution >= 0.6 is 11.6 Å². The molecule has 0 bridgehead atoms. The molecule has 0 aromatic carbocycles. The van der Waals surface area contributed by atoms with Crippen LogP contribution in [0.1, 0.15) is 18.4 Å². The zero-order valence-corrected chi connectivity index (χ0v) is 12.7. The number of likely N-dealkylation sites (N-methyl/N-ethyl adjacent to an activating group) is 2. The zero-order chi connectivity index (χ0) is 13.8. The number of anilines is 1. The van der Waals surface area contributed by atoms with Crippen molar-refractivity contribution < 1.29 is 0 Å². The molecule has 19 heavy (non-hydrogen) atoms. The minimum atomic E-state index is 0.611. The molecule has 0 amide bonds. The minimum absolute atomic E-state index is 0.611. The summed E-state index contributed by atoms with van der Waals surface area (Å²) in [6, 6.07) is 2.61. The number of nitrogens with one attached hydrogen (secondary N) is 1. The molecular weight excluding hydrogens is 260 g/mol. The van der Waals surface area contributed by atoms with E-state index in [2.05, 4.69) is 34.2 Å². The molecule has 1 aromatic heterocycles. The monoisotopic (exact) mass is 282 g/mol. The van der Waals surface area contributed by atoms with Gasteiger partial charge >= 0.3 is 0 Å². The Bertz CT molecular complexity index is 424. The molecule has 1 aromatic rings. The van der Waals surface area contributed by atoms with Crippen molar-refractivity contribution in [1.82, 2.24) is 15.2 Å². The maximum atomic E-state index is 6.34. The fourth-order valence-corrected chi connectivity index (χ4v) is 3.00. The highest BCUT2D eigenvalue weighted by atomic mass is 35.5. The van der Waals surface area contributed by atoms with E-state index in [0.29, 0.717) is 6.04 Å². The molecule has 1 aliphatic heterocycles. The van der Waals surface area contributed by atoms with Crippen LogP contribution in [0.25, 0.3) is 0 Å². The summed E-state index contributed by atoms with van der Waals surface area (Å²) >= 11 is 6.34. The Morgan fingerprint density at radius 2 is 2.37 bits per heavy atom. The normalized spacial score (nSPS) is 19.9. The molecule has 1 atom stereocenters. The molecular formula is C14H23ClN4. The van der Waals surface area contributed by atoms with Gasteiger partial charge < -0.3 is 15.1 Å². The SMILES string of the molecule is CNCc1cnc(N(C)CC2CCCN2C)c(Cl)c1. The van der Waals surface area contributed by atoms with Crippen molar-refractivity contribution in [2.45, 2.75) is 25.4 Å². The van der Waals surface area contributed by atoms with E-state index in [1.165, 1.54) is 19.4 Å². The quantitative estimate of drug-likeness (QED) is 0.895. The van der Waals surface area contributed by atoms with Crippen molar-refractivity contribution in [2.75, 3.05) is 39.1 Å². The van der Waals surface area contributed by atoms with Gasteiger partial charge in [0.05, 0.1) is 5.02 Å². The van der Waals surface area contributed by atoms with Crippen LogP contribution in [0.3, 0.4) is 0 Å².